The van der Waals surface area contributed by atoms with Crippen LogP contribution in [0.5, 0.6) is 0 Å². The maximum atomic E-state index is 11.0. The largest absolute Gasteiger partial charge is 0.301 e. The Hall–Kier alpha value is -2.81. The summed E-state index contributed by atoms with van der Waals surface area (Å²) >= 11 is 1.61. The molecule has 0 aliphatic heterocycles. The van der Waals surface area contributed by atoms with E-state index in [2.05, 4.69) is 17.5 Å². The highest BCUT2D eigenvalue weighted by Crippen LogP contribution is 2.29. The molecule has 0 spiro atoms. The Morgan fingerprint density at radius 2 is 2.00 bits per heavy atom. The lowest BCUT2D eigenvalue weighted by atomic mass is 10.2. The van der Waals surface area contributed by atoms with Gasteiger partial charge < -0.3 is 0 Å². The second-order valence-corrected chi connectivity index (χ2v) is 6.19. The Labute approximate surface area is 142 Å². The minimum Gasteiger partial charge on any atom is -0.272 e. The lowest BCUT2D eigenvalue weighted by Crippen LogP contribution is -1.98. The average Bonchev–Trinajstić information content (AvgIpc) is 3.00. The quantitative estimate of drug-likeness (QED) is 0.433. The minimum atomic E-state index is -0.682. The maximum Gasteiger partial charge on any atom is 0.301 e. The van der Waals surface area contributed by atoms with E-state index >= 15 is 0 Å². The number of nitrogens with one attached hydrogen (secondary N) is 1. The molecule has 0 aliphatic carbocycles. The van der Waals surface area contributed by atoms with E-state index in [0.717, 1.165) is 30.2 Å². The standard InChI is InChI=1S/C15H16N4O4S/c1-2-3-4-12-6-7-13(24-12)10-16-17-14-8-5-11(18(20)21)9-15(14)19(22)23/h5-10,17H,2-4H2,1H3/b16-10-. The Morgan fingerprint density at radius 3 is 2.67 bits per heavy atom. The van der Waals surface area contributed by atoms with Crippen LogP contribution < -0.4 is 5.43 Å². The van der Waals surface area contributed by atoms with Crippen LogP contribution in [0.2, 0.25) is 0 Å². The first-order valence-electron chi connectivity index (χ1n) is 7.32. The second kappa shape index (κ2) is 8.16. The zero-order chi connectivity index (χ0) is 17.5. The monoisotopic (exact) mass is 348 g/mol. The van der Waals surface area contributed by atoms with E-state index in [9.17, 15) is 20.2 Å². The highest BCUT2D eigenvalue weighted by molar-refractivity contribution is 7.13. The summed E-state index contributed by atoms with van der Waals surface area (Å²) in [6.07, 6.45) is 4.86. The van der Waals surface area contributed by atoms with Gasteiger partial charge in [-0.15, -0.1) is 11.3 Å². The summed E-state index contributed by atoms with van der Waals surface area (Å²) in [5.41, 5.74) is 1.94. The van der Waals surface area contributed by atoms with Crippen LogP contribution in [-0.4, -0.2) is 16.1 Å². The van der Waals surface area contributed by atoms with E-state index in [0.29, 0.717) is 0 Å². The fraction of sp³-hybridized carbons (Fsp3) is 0.267. The SMILES string of the molecule is CCCCc1ccc(/C=N\Nc2ccc([N+](=O)[O-])cc2[N+](=O)[O-])s1. The van der Waals surface area contributed by atoms with Gasteiger partial charge in [-0.3, -0.25) is 25.7 Å². The number of nitro benzene ring substituents is 2. The zero-order valence-electron chi connectivity index (χ0n) is 13.0. The van der Waals surface area contributed by atoms with Crippen molar-refractivity contribution in [3.63, 3.8) is 0 Å². The molecule has 1 heterocycles. The highest BCUT2D eigenvalue weighted by Gasteiger charge is 2.19. The Kier molecular flexibility index (Phi) is 5.96. The summed E-state index contributed by atoms with van der Waals surface area (Å²) < 4.78 is 0. The second-order valence-electron chi connectivity index (χ2n) is 4.99. The Morgan fingerprint density at radius 1 is 1.21 bits per heavy atom. The van der Waals surface area contributed by atoms with Gasteiger partial charge in [0.1, 0.15) is 5.69 Å². The van der Waals surface area contributed by atoms with Gasteiger partial charge >= 0.3 is 5.69 Å². The van der Waals surface area contributed by atoms with Gasteiger partial charge in [0.05, 0.1) is 22.1 Å². The van der Waals surface area contributed by atoms with Crippen molar-refractivity contribution in [2.45, 2.75) is 26.2 Å². The number of non-ortho nitro benzene ring substituents is 1. The summed E-state index contributed by atoms with van der Waals surface area (Å²) in [6, 6.07) is 7.35. The maximum absolute atomic E-state index is 11.0. The number of nitrogens with zero attached hydrogens (tertiary/aromatic N) is 3. The summed E-state index contributed by atoms with van der Waals surface area (Å²) in [5.74, 6) is 0. The molecule has 0 aliphatic rings. The molecule has 0 atom stereocenters. The van der Waals surface area contributed by atoms with Crippen molar-refractivity contribution in [2.24, 2.45) is 5.10 Å². The van der Waals surface area contributed by atoms with Crippen molar-refractivity contribution in [1.29, 1.82) is 0 Å². The number of hydrogen-bond acceptors (Lipinski definition) is 7. The molecule has 0 amide bonds. The van der Waals surface area contributed by atoms with Crippen molar-refractivity contribution in [2.75, 3.05) is 5.43 Å². The predicted octanol–water partition coefficient (Wildman–Crippen LogP) is 4.35. The number of thiophene rings is 1. The topological polar surface area (TPSA) is 111 Å². The van der Waals surface area contributed by atoms with Gasteiger partial charge in [-0.25, -0.2) is 0 Å². The van der Waals surface area contributed by atoms with Crippen LogP contribution in [-0.2, 0) is 6.42 Å². The molecule has 8 nitrogen and oxygen atoms in total. The number of aryl methyl sites for hydroxylation is 1. The first-order valence-corrected chi connectivity index (χ1v) is 8.13. The third-order valence-electron chi connectivity index (χ3n) is 3.22. The third kappa shape index (κ3) is 4.59. The first kappa shape index (κ1) is 17.5. The molecule has 0 bridgehead atoms. The number of rotatable bonds is 8. The summed E-state index contributed by atoms with van der Waals surface area (Å²) in [5, 5.41) is 25.7. The van der Waals surface area contributed by atoms with Gasteiger partial charge in [0.25, 0.3) is 5.69 Å². The summed E-state index contributed by atoms with van der Waals surface area (Å²) in [6.45, 7) is 2.14. The van der Waals surface area contributed by atoms with E-state index in [1.54, 1.807) is 17.6 Å². The van der Waals surface area contributed by atoms with Gasteiger partial charge in [-0.2, -0.15) is 5.10 Å². The molecule has 1 aromatic heterocycles. The van der Waals surface area contributed by atoms with Crippen molar-refractivity contribution in [3.8, 4) is 0 Å². The Bertz CT molecular complexity index is 773. The fourth-order valence-corrected chi connectivity index (χ4v) is 2.92. The molecule has 1 N–H and O–H groups in total. The van der Waals surface area contributed by atoms with E-state index < -0.39 is 15.5 Å². The predicted molar refractivity (Wildman–Crippen MR) is 93.9 cm³/mol. The fourth-order valence-electron chi connectivity index (χ4n) is 1.99. The van der Waals surface area contributed by atoms with Gasteiger partial charge in [0.2, 0.25) is 0 Å². The van der Waals surface area contributed by atoms with Crippen LogP contribution in [0.25, 0.3) is 0 Å². The van der Waals surface area contributed by atoms with Crippen molar-refractivity contribution in [1.82, 2.24) is 0 Å². The molecular weight excluding hydrogens is 332 g/mol. The number of anilines is 1. The van der Waals surface area contributed by atoms with Crippen molar-refractivity contribution >= 4 is 34.6 Å². The van der Waals surface area contributed by atoms with Gasteiger partial charge in [-0.05, 0) is 31.0 Å². The molecular formula is C15H16N4O4S. The molecule has 2 rings (SSSR count). The van der Waals surface area contributed by atoms with Crippen LogP contribution in [0.15, 0.2) is 35.4 Å². The van der Waals surface area contributed by atoms with E-state index in [-0.39, 0.29) is 11.4 Å². The van der Waals surface area contributed by atoms with Crippen LogP contribution in [0.1, 0.15) is 29.5 Å². The molecule has 126 valence electrons. The third-order valence-corrected chi connectivity index (χ3v) is 4.30. The molecule has 0 radical (unpaired) electrons. The molecule has 0 fully saturated rings. The number of hydrogen-bond donors (Lipinski definition) is 1. The van der Waals surface area contributed by atoms with Gasteiger partial charge in [-0.1, -0.05) is 13.3 Å². The molecule has 0 saturated carbocycles. The number of nitro groups is 2. The van der Waals surface area contributed by atoms with Crippen LogP contribution in [0.4, 0.5) is 17.1 Å². The molecule has 2 aromatic rings. The Balaban J connectivity index is 2.09. The van der Waals surface area contributed by atoms with Crippen molar-refractivity contribution in [3.05, 3.63) is 60.3 Å². The number of unbranched alkanes of at least 4 members (excludes halogenated alkanes) is 1. The first-order chi connectivity index (χ1) is 11.5. The van der Waals surface area contributed by atoms with Crippen LogP contribution in [0.3, 0.4) is 0 Å². The molecule has 24 heavy (non-hydrogen) atoms. The lowest BCUT2D eigenvalue weighted by molar-refractivity contribution is -0.393. The minimum absolute atomic E-state index is 0.101. The average molecular weight is 348 g/mol. The van der Waals surface area contributed by atoms with Crippen LogP contribution in [0, 0.1) is 20.2 Å². The molecule has 0 saturated heterocycles. The number of benzene rings is 1. The smallest absolute Gasteiger partial charge is 0.272 e. The van der Waals surface area contributed by atoms with Gasteiger partial charge in [0, 0.05) is 15.8 Å². The van der Waals surface area contributed by atoms with E-state index in [4.69, 9.17) is 0 Å². The van der Waals surface area contributed by atoms with E-state index in [1.807, 2.05) is 12.1 Å². The summed E-state index contributed by atoms with van der Waals surface area (Å²) in [7, 11) is 0. The van der Waals surface area contributed by atoms with E-state index in [1.165, 1.54) is 17.0 Å². The highest BCUT2D eigenvalue weighted by atomic mass is 32.1. The van der Waals surface area contributed by atoms with Gasteiger partial charge in [0.15, 0.2) is 0 Å². The molecule has 9 heteroatoms. The summed E-state index contributed by atoms with van der Waals surface area (Å²) in [4.78, 5) is 22.6. The molecule has 0 unspecified atom stereocenters. The molecule has 1 aromatic carbocycles. The van der Waals surface area contributed by atoms with Crippen LogP contribution >= 0.6 is 11.3 Å². The normalized spacial score (nSPS) is 10.9. The number of hydrazone groups is 1. The zero-order valence-corrected chi connectivity index (χ0v) is 13.8. The van der Waals surface area contributed by atoms with Crippen molar-refractivity contribution < 1.29 is 9.85 Å². The lowest BCUT2D eigenvalue weighted by Gasteiger charge is -2.01.